The number of aliphatic carboxylic acids is 1. The number of benzene rings is 1. The van der Waals surface area contributed by atoms with E-state index in [1.165, 1.54) is 25.3 Å². The molecule has 0 saturated heterocycles. The average molecular weight is 319 g/mol. The third kappa shape index (κ3) is 3.67. The van der Waals surface area contributed by atoms with E-state index in [9.17, 15) is 14.9 Å². The highest BCUT2D eigenvalue weighted by Crippen LogP contribution is 2.28. The van der Waals surface area contributed by atoms with Gasteiger partial charge in [-0.2, -0.15) is 0 Å². The minimum atomic E-state index is -1.15. The minimum Gasteiger partial charge on any atom is -0.480 e. The highest BCUT2D eigenvalue weighted by atomic mass is 79.9. The molecule has 0 bridgehead atoms. The Morgan fingerprint density at radius 3 is 2.83 bits per heavy atom. The number of hydrogen-bond donors (Lipinski definition) is 2. The van der Waals surface area contributed by atoms with E-state index in [-0.39, 0.29) is 18.0 Å². The van der Waals surface area contributed by atoms with Crippen molar-refractivity contribution in [3.8, 4) is 0 Å². The Morgan fingerprint density at radius 1 is 1.67 bits per heavy atom. The van der Waals surface area contributed by atoms with Crippen molar-refractivity contribution in [2.75, 3.05) is 19.0 Å². The average Bonchev–Trinajstić information content (AvgIpc) is 2.28. The van der Waals surface area contributed by atoms with E-state index >= 15 is 0 Å². The number of halogens is 1. The van der Waals surface area contributed by atoms with Gasteiger partial charge in [-0.15, -0.1) is 0 Å². The summed E-state index contributed by atoms with van der Waals surface area (Å²) < 4.78 is 5.35. The van der Waals surface area contributed by atoms with Gasteiger partial charge in [0.2, 0.25) is 0 Å². The molecule has 0 aromatic heterocycles. The number of methoxy groups -OCH3 is 1. The zero-order chi connectivity index (χ0) is 13.7. The third-order valence-corrected chi connectivity index (χ3v) is 2.61. The van der Waals surface area contributed by atoms with Gasteiger partial charge in [0, 0.05) is 17.6 Å². The zero-order valence-electron chi connectivity index (χ0n) is 9.42. The van der Waals surface area contributed by atoms with Crippen LogP contribution >= 0.6 is 15.9 Å². The Balaban J connectivity index is 3.03. The molecule has 98 valence electrons. The number of anilines is 1. The van der Waals surface area contributed by atoms with Gasteiger partial charge in [0.1, 0.15) is 11.7 Å². The molecule has 0 heterocycles. The summed E-state index contributed by atoms with van der Waals surface area (Å²) in [7, 11) is 1.35. The summed E-state index contributed by atoms with van der Waals surface area (Å²) in [4.78, 5) is 21.2. The lowest BCUT2D eigenvalue weighted by Gasteiger charge is -2.14. The fourth-order valence-corrected chi connectivity index (χ4v) is 1.67. The zero-order valence-corrected chi connectivity index (χ0v) is 11.0. The van der Waals surface area contributed by atoms with Crippen molar-refractivity contribution < 1.29 is 19.6 Å². The first-order valence-electron chi connectivity index (χ1n) is 4.88. The van der Waals surface area contributed by atoms with Crippen LogP contribution in [-0.4, -0.2) is 35.8 Å². The second-order valence-electron chi connectivity index (χ2n) is 3.41. The Hall–Kier alpha value is -1.67. The van der Waals surface area contributed by atoms with E-state index in [1.54, 1.807) is 0 Å². The molecule has 0 aliphatic carbocycles. The van der Waals surface area contributed by atoms with Crippen molar-refractivity contribution in [2.45, 2.75) is 6.04 Å². The molecular weight excluding hydrogens is 308 g/mol. The molecular formula is C10H11BrN2O5. The molecule has 0 fully saturated rings. The van der Waals surface area contributed by atoms with E-state index in [0.29, 0.717) is 4.47 Å². The molecule has 0 aliphatic rings. The summed E-state index contributed by atoms with van der Waals surface area (Å²) in [5, 5.41) is 22.3. The lowest BCUT2D eigenvalue weighted by atomic mass is 10.2. The lowest BCUT2D eigenvalue weighted by Crippen LogP contribution is -2.33. The molecule has 8 heteroatoms. The second-order valence-corrected chi connectivity index (χ2v) is 4.32. The Bertz CT molecular complexity index is 466. The van der Waals surface area contributed by atoms with Gasteiger partial charge in [-0.1, -0.05) is 15.9 Å². The van der Waals surface area contributed by atoms with Gasteiger partial charge in [0.15, 0.2) is 0 Å². The normalized spacial score (nSPS) is 11.9. The molecule has 0 radical (unpaired) electrons. The molecule has 0 aliphatic heterocycles. The van der Waals surface area contributed by atoms with Crippen molar-refractivity contribution in [3.05, 3.63) is 32.8 Å². The van der Waals surface area contributed by atoms with Crippen LogP contribution < -0.4 is 5.32 Å². The SMILES string of the molecule is COCC(Nc1cc(Br)ccc1[N+](=O)[O-])C(=O)O. The molecule has 1 aromatic carbocycles. The number of ether oxygens (including phenoxy) is 1. The van der Waals surface area contributed by atoms with Crippen molar-refractivity contribution in [3.63, 3.8) is 0 Å². The molecule has 2 N–H and O–H groups in total. The maximum absolute atomic E-state index is 10.9. The Morgan fingerprint density at radius 2 is 2.33 bits per heavy atom. The molecule has 0 spiro atoms. The van der Waals surface area contributed by atoms with Gasteiger partial charge in [0.05, 0.1) is 11.5 Å². The molecule has 1 unspecified atom stereocenters. The highest BCUT2D eigenvalue weighted by Gasteiger charge is 2.22. The largest absolute Gasteiger partial charge is 0.480 e. The van der Waals surface area contributed by atoms with Crippen LogP contribution in [0, 0.1) is 10.1 Å². The molecule has 0 amide bonds. The molecule has 18 heavy (non-hydrogen) atoms. The first-order chi connectivity index (χ1) is 8.45. The number of carboxylic acids is 1. The van der Waals surface area contributed by atoms with Crippen molar-refractivity contribution in [1.29, 1.82) is 0 Å². The van der Waals surface area contributed by atoms with Gasteiger partial charge in [-0.25, -0.2) is 4.79 Å². The number of nitro benzene ring substituents is 1. The second kappa shape index (κ2) is 6.31. The monoisotopic (exact) mass is 318 g/mol. The predicted molar refractivity (Wildman–Crippen MR) is 67.7 cm³/mol. The molecule has 7 nitrogen and oxygen atoms in total. The first kappa shape index (κ1) is 14.4. The van der Waals surface area contributed by atoms with Crippen LogP contribution in [-0.2, 0) is 9.53 Å². The number of nitro groups is 1. The van der Waals surface area contributed by atoms with Crippen LogP contribution in [0.3, 0.4) is 0 Å². The summed E-state index contributed by atoms with van der Waals surface area (Å²) in [5.74, 6) is -1.15. The van der Waals surface area contributed by atoms with Crippen molar-refractivity contribution in [1.82, 2.24) is 0 Å². The Kier molecular flexibility index (Phi) is 5.05. The Labute approximate surface area is 111 Å². The number of nitrogens with one attached hydrogen (secondary N) is 1. The van der Waals surface area contributed by atoms with Gasteiger partial charge in [-0.05, 0) is 12.1 Å². The van der Waals surface area contributed by atoms with Gasteiger partial charge in [-0.3, -0.25) is 10.1 Å². The minimum absolute atomic E-state index is 0.0982. The van der Waals surface area contributed by atoms with E-state index < -0.39 is 16.9 Å². The van der Waals surface area contributed by atoms with Gasteiger partial charge < -0.3 is 15.2 Å². The van der Waals surface area contributed by atoms with E-state index in [0.717, 1.165) is 0 Å². The maximum Gasteiger partial charge on any atom is 0.328 e. The molecule has 0 saturated carbocycles. The summed E-state index contributed by atoms with van der Waals surface area (Å²) in [6.07, 6.45) is 0. The van der Waals surface area contributed by atoms with Crippen LogP contribution in [0.15, 0.2) is 22.7 Å². The first-order valence-corrected chi connectivity index (χ1v) is 5.67. The third-order valence-electron chi connectivity index (χ3n) is 2.12. The fourth-order valence-electron chi connectivity index (χ4n) is 1.31. The quantitative estimate of drug-likeness (QED) is 0.613. The van der Waals surface area contributed by atoms with E-state index in [2.05, 4.69) is 21.2 Å². The van der Waals surface area contributed by atoms with Crippen LogP contribution in [0.5, 0.6) is 0 Å². The van der Waals surface area contributed by atoms with Crippen LogP contribution in [0.1, 0.15) is 0 Å². The molecule has 1 aromatic rings. The number of nitrogens with zero attached hydrogens (tertiary/aromatic N) is 1. The van der Waals surface area contributed by atoms with Crippen molar-refractivity contribution >= 4 is 33.3 Å². The smallest absolute Gasteiger partial charge is 0.328 e. The fraction of sp³-hybridized carbons (Fsp3) is 0.300. The summed E-state index contributed by atoms with van der Waals surface area (Å²) in [6.45, 7) is -0.0982. The lowest BCUT2D eigenvalue weighted by molar-refractivity contribution is -0.384. The number of carboxylic acid groups (broad SMARTS) is 1. The van der Waals surface area contributed by atoms with E-state index in [1.807, 2.05) is 0 Å². The van der Waals surface area contributed by atoms with Crippen LogP contribution in [0.2, 0.25) is 0 Å². The summed E-state index contributed by atoms with van der Waals surface area (Å²) in [5.41, 5.74) is -0.0700. The topological polar surface area (TPSA) is 102 Å². The standard InChI is InChI=1S/C10H11BrN2O5/c1-18-5-8(10(14)15)12-7-4-6(11)2-3-9(7)13(16)17/h2-4,8,12H,5H2,1H3,(H,14,15). The number of carbonyl (C=O) groups is 1. The highest BCUT2D eigenvalue weighted by molar-refractivity contribution is 9.10. The van der Waals surface area contributed by atoms with E-state index in [4.69, 9.17) is 9.84 Å². The van der Waals surface area contributed by atoms with Crippen LogP contribution in [0.25, 0.3) is 0 Å². The summed E-state index contributed by atoms with van der Waals surface area (Å²) >= 11 is 3.17. The summed E-state index contributed by atoms with van der Waals surface area (Å²) in [6, 6.07) is 3.19. The van der Waals surface area contributed by atoms with Crippen LogP contribution in [0.4, 0.5) is 11.4 Å². The molecule has 1 rings (SSSR count). The van der Waals surface area contributed by atoms with Gasteiger partial charge >= 0.3 is 5.97 Å². The molecule has 1 atom stereocenters. The van der Waals surface area contributed by atoms with Gasteiger partial charge in [0.25, 0.3) is 5.69 Å². The van der Waals surface area contributed by atoms with Crippen molar-refractivity contribution in [2.24, 2.45) is 0 Å². The predicted octanol–water partition coefficient (Wildman–Crippen LogP) is 1.87. The number of rotatable bonds is 6. The number of hydrogen-bond acceptors (Lipinski definition) is 5. The maximum atomic E-state index is 10.9.